The Morgan fingerprint density at radius 3 is 1.65 bits per heavy atom. The molecule has 0 bridgehead atoms. The van der Waals surface area contributed by atoms with E-state index in [-0.39, 0.29) is 17.4 Å². The molecule has 0 aromatic rings. The molecule has 0 N–H and O–H groups in total. The quantitative estimate of drug-likeness (QED) is 0.659. The molecule has 2 heteroatoms. The van der Waals surface area contributed by atoms with E-state index >= 15 is 0 Å². The maximum absolute atomic E-state index is 2.80. The summed E-state index contributed by atoms with van der Waals surface area (Å²) in [6, 6.07) is 0. The van der Waals surface area contributed by atoms with Gasteiger partial charge in [0.25, 0.3) is 0 Å². The fourth-order valence-electron chi connectivity index (χ4n) is 3.57. The van der Waals surface area contributed by atoms with E-state index in [1.807, 2.05) is 0 Å². The molecular weight excluding hydrogens is 221 g/mol. The molecule has 1 fully saturated rings. The molecule has 1 rings (SSSR count). The van der Waals surface area contributed by atoms with E-state index in [4.69, 9.17) is 0 Å². The van der Waals surface area contributed by atoms with Gasteiger partial charge in [-0.3, -0.25) is 4.90 Å². The van der Waals surface area contributed by atoms with Gasteiger partial charge in [0, 0.05) is 5.54 Å². The van der Waals surface area contributed by atoms with Gasteiger partial charge in [-0.15, -0.1) is 0 Å². The Morgan fingerprint density at radius 2 is 1.35 bits per heavy atom. The number of hydrogen-bond acceptors (Lipinski definition) is 1. The summed E-state index contributed by atoms with van der Waals surface area (Å²) in [5.74, 6) is 1.64. The molecule has 0 aromatic carbocycles. The number of likely N-dealkylation sites (tertiary alicyclic amines) is 1. The van der Waals surface area contributed by atoms with Crippen molar-refractivity contribution in [3.63, 3.8) is 0 Å². The molecule has 1 nitrogen and oxygen atoms in total. The number of nitrogens with zero attached hydrogens (tertiary/aromatic N) is 1. The first-order valence-electron chi connectivity index (χ1n) is 7.25. The van der Waals surface area contributed by atoms with E-state index in [9.17, 15) is 0 Å². The second-order valence-corrected chi connectivity index (χ2v) is 6.47. The molecule has 0 aliphatic carbocycles. The third kappa shape index (κ3) is 4.94. The van der Waals surface area contributed by atoms with Gasteiger partial charge in [0.1, 0.15) is 0 Å². The summed E-state index contributed by atoms with van der Waals surface area (Å²) in [7, 11) is 0. The van der Waals surface area contributed by atoms with Gasteiger partial charge in [0.05, 0.1) is 0 Å². The molecule has 102 valence electrons. The first-order valence-corrected chi connectivity index (χ1v) is 7.25. The Labute approximate surface area is 119 Å². The second kappa shape index (κ2) is 7.82. The molecule has 0 spiro atoms. The van der Waals surface area contributed by atoms with Gasteiger partial charge < -0.3 is 0 Å². The highest BCUT2D eigenvalue weighted by atomic mass is 27.0. The van der Waals surface area contributed by atoms with Crippen LogP contribution in [-0.4, -0.2) is 40.9 Å². The van der Waals surface area contributed by atoms with E-state index < -0.39 is 0 Å². The van der Waals surface area contributed by atoms with Crippen molar-refractivity contribution >= 4 is 17.4 Å². The fourth-order valence-corrected chi connectivity index (χ4v) is 3.57. The lowest BCUT2D eigenvalue weighted by molar-refractivity contribution is 0.0645. The summed E-state index contributed by atoms with van der Waals surface area (Å²) < 4.78 is 0. The highest BCUT2D eigenvalue weighted by Gasteiger charge is 2.37. The Kier molecular flexibility index (Phi) is 8.05. The van der Waals surface area contributed by atoms with Crippen molar-refractivity contribution in [2.75, 3.05) is 13.1 Å². The van der Waals surface area contributed by atoms with Gasteiger partial charge in [0.2, 0.25) is 0 Å². The summed E-state index contributed by atoms with van der Waals surface area (Å²) in [5, 5.41) is 0. The standard InChI is InChI=1S/C15H31N.Al.3H/c1-6-15(11-13(2)3,12-14(4)5)16-9-7-8-10-16;;;;/h13-14H,6-12H2,1-5H3;;;;. The molecule has 0 amide bonds. The van der Waals surface area contributed by atoms with Crippen molar-refractivity contribution in [1.82, 2.24) is 4.90 Å². The van der Waals surface area contributed by atoms with Crippen molar-refractivity contribution in [1.29, 1.82) is 0 Å². The molecule has 0 radical (unpaired) electrons. The van der Waals surface area contributed by atoms with Crippen molar-refractivity contribution in [2.45, 2.75) is 72.3 Å². The number of rotatable bonds is 6. The first kappa shape index (κ1) is 17.5. The van der Waals surface area contributed by atoms with E-state index in [2.05, 4.69) is 39.5 Å². The van der Waals surface area contributed by atoms with Crippen molar-refractivity contribution in [3.05, 3.63) is 0 Å². The molecule has 1 aliphatic rings. The van der Waals surface area contributed by atoms with Gasteiger partial charge in [-0.25, -0.2) is 0 Å². The lowest BCUT2D eigenvalue weighted by Gasteiger charge is -2.44. The zero-order valence-electron chi connectivity index (χ0n) is 12.1. The Bertz CT molecular complexity index is 185. The average Bonchev–Trinajstić information content (AvgIpc) is 2.68. The number of hydrogen-bond donors (Lipinski definition) is 0. The van der Waals surface area contributed by atoms with Crippen LogP contribution in [0, 0.1) is 11.8 Å². The van der Waals surface area contributed by atoms with Crippen LogP contribution in [0.5, 0.6) is 0 Å². The summed E-state index contributed by atoms with van der Waals surface area (Å²) in [6.07, 6.45) is 6.91. The molecule has 1 heterocycles. The van der Waals surface area contributed by atoms with Crippen LogP contribution >= 0.6 is 0 Å². The third-order valence-corrected chi connectivity index (χ3v) is 4.01. The van der Waals surface area contributed by atoms with Crippen LogP contribution in [0.15, 0.2) is 0 Å². The average molecular weight is 255 g/mol. The summed E-state index contributed by atoms with van der Waals surface area (Å²) in [4.78, 5) is 2.80. The lowest BCUT2D eigenvalue weighted by atomic mass is 9.78. The molecular formula is C15H34AlN. The molecule has 0 atom stereocenters. The molecule has 1 aliphatic heterocycles. The Morgan fingerprint density at radius 1 is 0.941 bits per heavy atom. The van der Waals surface area contributed by atoms with Crippen LogP contribution in [0.1, 0.15) is 66.7 Å². The smallest absolute Gasteiger partial charge is 0.187 e. The minimum Gasteiger partial charge on any atom is -0.298 e. The third-order valence-electron chi connectivity index (χ3n) is 4.01. The Balaban J connectivity index is 0.00000256. The van der Waals surface area contributed by atoms with E-state index in [0.717, 1.165) is 11.8 Å². The van der Waals surface area contributed by atoms with Crippen molar-refractivity contribution in [3.8, 4) is 0 Å². The van der Waals surface area contributed by atoms with Crippen LogP contribution in [-0.2, 0) is 0 Å². The lowest BCUT2D eigenvalue weighted by Crippen LogP contribution is -2.48. The molecule has 17 heavy (non-hydrogen) atoms. The zero-order chi connectivity index (χ0) is 12.2. The van der Waals surface area contributed by atoms with Crippen LogP contribution in [0.25, 0.3) is 0 Å². The van der Waals surface area contributed by atoms with Gasteiger partial charge in [-0.2, -0.15) is 0 Å². The summed E-state index contributed by atoms with van der Waals surface area (Å²) in [5.41, 5.74) is 0.499. The first-order chi connectivity index (χ1) is 7.50. The Hall–Kier alpha value is 0.492. The maximum Gasteiger partial charge on any atom is 0.187 e. The zero-order valence-corrected chi connectivity index (χ0v) is 12.1. The van der Waals surface area contributed by atoms with Gasteiger partial charge in [-0.1, -0.05) is 34.6 Å². The van der Waals surface area contributed by atoms with Crippen LogP contribution in [0.3, 0.4) is 0 Å². The van der Waals surface area contributed by atoms with Gasteiger partial charge in [-0.05, 0) is 57.0 Å². The fraction of sp³-hybridized carbons (Fsp3) is 1.00. The van der Waals surface area contributed by atoms with Crippen LogP contribution in [0.2, 0.25) is 0 Å². The van der Waals surface area contributed by atoms with Crippen LogP contribution in [0.4, 0.5) is 0 Å². The second-order valence-electron chi connectivity index (χ2n) is 6.47. The predicted octanol–water partition coefficient (Wildman–Crippen LogP) is 3.14. The van der Waals surface area contributed by atoms with E-state index in [0.29, 0.717) is 5.54 Å². The normalized spacial score (nSPS) is 17.8. The maximum atomic E-state index is 2.80. The van der Waals surface area contributed by atoms with Crippen molar-refractivity contribution < 1.29 is 0 Å². The van der Waals surface area contributed by atoms with E-state index in [1.165, 1.54) is 45.2 Å². The molecule has 0 saturated carbocycles. The summed E-state index contributed by atoms with van der Waals surface area (Å²) in [6.45, 7) is 14.6. The SMILES string of the molecule is CCC(CC(C)C)(CC(C)C)N1CCCC1.[AlH3]. The van der Waals surface area contributed by atoms with Gasteiger partial charge >= 0.3 is 0 Å². The predicted molar refractivity (Wildman–Crippen MR) is 82.7 cm³/mol. The highest BCUT2D eigenvalue weighted by molar-refractivity contribution is 5.75. The minimum atomic E-state index is 0. The monoisotopic (exact) mass is 255 g/mol. The minimum absolute atomic E-state index is 0. The topological polar surface area (TPSA) is 3.24 Å². The highest BCUT2D eigenvalue weighted by Crippen LogP contribution is 2.36. The molecule has 0 aromatic heterocycles. The van der Waals surface area contributed by atoms with Crippen molar-refractivity contribution in [2.24, 2.45) is 11.8 Å². The summed E-state index contributed by atoms with van der Waals surface area (Å²) >= 11 is 0. The van der Waals surface area contributed by atoms with Gasteiger partial charge in [0.15, 0.2) is 17.4 Å². The van der Waals surface area contributed by atoms with Crippen LogP contribution < -0.4 is 0 Å². The largest absolute Gasteiger partial charge is 0.298 e. The molecule has 1 saturated heterocycles. The van der Waals surface area contributed by atoms with E-state index in [1.54, 1.807) is 0 Å². The molecule has 0 unspecified atom stereocenters.